The molecular formula is C15H18F2. The molecule has 3 atom stereocenters. The number of hydrogen-bond acceptors (Lipinski definition) is 0. The van der Waals surface area contributed by atoms with Crippen molar-refractivity contribution in [1.29, 1.82) is 0 Å². The van der Waals surface area contributed by atoms with Crippen molar-refractivity contribution in [3.05, 3.63) is 35.9 Å². The molecule has 92 valence electrons. The molecule has 0 amide bonds. The summed E-state index contributed by atoms with van der Waals surface area (Å²) in [5, 5.41) is 0. The van der Waals surface area contributed by atoms with Crippen LogP contribution in [0.2, 0.25) is 0 Å². The molecule has 3 rings (SSSR count). The molecule has 0 saturated heterocycles. The van der Waals surface area contributed by atoms with Gasteiger partial charge in [0.2, 0.25) is 5.92 Å². The number of hydrogen-bond donors (Lipinski definition) is 0. The number of benzene rings is 1. The summed E-state index contributed by atoms with van der Waals surface area (Å²) in [5.74, 6) is -1.16. The average Bonchev–Trinajstić information content (AvgIpc) is 2.72. The third-order valence-electron chi connectivity index (χ3n) is 4.43. The van der Waals surface area contributed by atoms with E-state index >= 15 is 0 Å². The highest BCUT2D eigenvalue weighted by atomic mass is 19.3. The van der Waals surface area contributed by atoms with E-state index in [0.717, 1.165) is 19.3 Å². The minimum Gasteiger partial charge on any atom is -0.207 e. The van der Waals surface area contributed by atoms with Crippen LogP contribution in [0.5, 0.6) is 0 Å². The first-order valence-electron chi connectivity index (χ1n) is 6.54. The van der Waals surface area contributed by atoms with Crippen molar-refractivity contribution in [3.8, 4) is 0 Å². The van der Waals surface area contributed by atoms with Crippen molar-refractivity contribution in [3.63, 3.8) is 0 Å². The molecule has 17 heavy (non-hydrogen) atoms. The van der Waals surface area contributed by atoms with Crippen LogP contribution in [0.15, 0.2) is 30.3 Å². The lowest BCUT2D eigenvalue weighted by Gasteiger charge is -2.14. The van der Waals surface area contributed by atoms with Crippen LogP contribution in [-0.2, 0) is 6.42 Å². The topological polar surface area (TPSA) is 0 Å². The molecule has 0 aromatic heterocycles. The van der Waals surface area contributed by atoms with Crippen LogP contribution in [0, 0.1) is 17.8 Å². The number of fused-ring (bicyclic) bond motifs is 1. The Morgan fingerprint density at radius 1 is 1.00 bits per heavy atom. The molecule has 2 saturated carbocycles. The molecule has 1 unspecified atom stereocenters. The largest absolute Gasteiger partial charge is 0.248 e. The fourth-order valence-electron chi connectivity index (χ4n) is 3.80. The van der Waals surface area contributed by atoms with Gasteiger partial charge in [-0.1, -0.05) is 30.3 Å². The second kappa shape index (κ2) is 4.08. The van der Waals surface area contributed by atoms with Gasteiger partial charge in [-0.15, -0.1) is 0 Å². The zero-order valence-corrected chi connectivity index (χ0v) is 9.91. The zero-order chi connectivity index (χ0) is 11.9. The maximum Gasteiger partial charge on any atom is 0.248 e. The van der Waals surface area contributed by atoms with Gasteiger partial charge in [-0.25, -0.2) is 8.78 Å². The van der Waals surface area contributed by atoms with Crippen molar-refractivity contribution in [2.45, 2.75) is 38.0 Å². The number of alkyl halides is 2. The van der Waals surface area contributed by atoms with E-state index < -0.39 is 5.92 Å². The molecule has 0 nitrogen and oxygen atoms in total. The van der Waals surface area contributed by atoms with E-state index in [9.17, 15) is 8.78 Å². The van der Waals surface area contributed by atoms with Crippen LogP contribution in [0.1, 0.15) is 31.2 Å². The highest BCUT2D eigenvalue weighted by Gasteiger charge is 2.50. The minimum absolute atomic E-state index is 0.142. The van der Waals surface area contributed by atoms with Crippen LogP contribution in [-0.4, -0.2) is 5.92 Å². The lowest BCUT2D eigenvalue weighted by atomic mass is 9.95. The Morgan fingerprint density at radius 3 is 2.18 bits per heavy atom. The monoisotopic (exact) mass is 236 g/mol. The van der Waals surface area contributed by atoms with E-state index in [0.29, 0.717) is 17.8 Å². The first-order valence-corrected chi connectivity index (χ1v) is 6.54. The minimum atomic E-state index is -2.37. The summed E-state index contributed by atoms with van der Waals surface area (Å²) >= 11 is 0. The highest BCUT2D eigenvalue weighted by molar-refractivity contribution is 5.16. The molecule has 0 N–H and O–H groups in total. The van der Waals surface area contributed by atoms with E-state index in [1.165, 1.54) is 5.56 Å². The number of halogens is 2. The Morgan fingerprint density at radius 2 is 1.59 bits per heavy atom. The molecule has 0 heterocycles. The summed E-state index contributed by atoms with van der Waals surface area (Å²) < 4.78 is 26.4. The van der Waals surface area contributed by atoms with Gasteiger partial charge in [-0.3, -0.25) is 0 Å². The van der Waals surface area contributed by atoms with E-state index in [2.05, 4.69) is 24.3 Å². The van der Waals surface area contributed by atoms with Crippen molar-refractivity contribution in [2.75, 3.05) is 0 Å². The molecule has 2 heteroatoms. The molecule has 1 aromatic rings. The van der Waals surface area contributed by atoms with Gasteiger partial charge in [0.1, 0.15) is 0 Å². The smallest absolute Gasteiger partial charge is 0.207 e. The summed E-state index contributed by atoms with van der Waals surface area (Å²) in [6, 6.07) is 10.4. The Labute approximate surface area is 101 Å². The van der Waals surface area contributed by atoms with E-state index in [1.54, 1.807) is 0 Å². The molecule has 0 spiro atoms. The van der Waals surface area contributed by atoms with E-state index in [4.69, 9.17) is 0 Å². The van der Waals surface area contributed by atoms with Gasteiger partial charge in [0.25, 0.3) is 0 Å². The van der Waals surface area contributed by atoms with Gasteiger partial charge in [0.15, 0.2) is 0 Å². The van der Waals surface area contributed by atoms with Gasteiger partial charge in [0.05, 0.1) is 0 Å². The standard InChI is InChI=1S/C15H18F2/c16-15(17)9-13-7-12(8-14(13)10-15)6-11-4-2-1-3-5-11/h1-5,12-14H,6-10H2/t12?,13-,14+. The molecule has 2 aliphatic carbocycles. The second-order valence-electron chi connectivity index (χ2n) is 5.81. The third kappa shape index (κ3) is 2.36. The SMILES string of the molecule is FC1(F)C[C@H]2CC(Cc3ccccc3)C[C@H]2C1. The van der Waals surface area contributed by atoms with Crippen molar-refractivity contribution < 1.29 is 8.78 Å². The van der Waals surface area contributed by atoms with Gasteiger partial charge in [-0.2, -0.15) is 0 Å². The summed E-state index contributed by atoms with van der Waals surface area (Å²) in [4.78, 5) is 0. The quantitative estimate of drug-likeness (QED) is 0.718. The first kappa shape index (κ1) is 11.2. The molecule has 2 fully saturated rings. The summed E-state index contributed by atoms with van der Waals surface area (Å²) in [7, 11) is 0. The van der Waals surface area contributed by atoms with Crippen LogP contribution in [0.25, 0.3) is 0 Å². The predicted octanol–water partition coefficient (Wildman–Crippen LogP) is 4.30. The maximum atomic E-state index is 13.2. The van der Waals surface area contributed by atoms with Gasteiger partial charge in [0, 0.05) is 12.8 Å². The fourth-order valence-corrected chi connectivity index (χ4v) is 3.80. The van der Waals surface area contributed by atoms with Gasteiger partial charge < -0.3 is 0 Å². The second-order valence-corrected chi connectivity index (χ2v) is 5.81. The third-order valence-corrected chi connectivity index (χ3v) is 4.43. The molecular weight excluding hydrogens is 218 g/mol. The van der Waals surface area contributed by atoms with Crippen molar-refractivity contribution in [2.24, 2.45) is 17.8 Å². The molecule has 0 bridgehead atoms. The lowest BCUT2D eigenvalue weighted by Crippen LogP contribution is -2.12. The normalized spacial score (nSPS) is 34.8. The molecule has 2 aliphatic rings. The Balaban J connectivity index is 1.60. The molecule has 1 aromatic carbocycles. The van der Waals surface area contributed by atoms with Crippen LogP contribution < -0.4 is 0 Å². The van der Waals surface area contributed by atoms with E-state index in [-0.39, 0.29) is 12.8 Å². The maximum absolute atomic E-state index is 13.2. The highest BCUT2D eigenvalue weighted by Crippen LogP contribution is 2.53. The van der Waals surface area contributed by atoms with Gasteiger partial charge >= 0.3 is 0 Å². The summed E-state index contributed by atoms with van der Waals surface area (Å²) in [6.07, 6.45) is 3.37. The Bertz CT molecular complexity index is 369. The predicted molar refractivity (Wildman–Crippen MR) is 64.0 cm³/mol. The molecule has 0 radical (unpaired) electrons. The average molecular weight is 236 g/mol. The summed E-state index contributed by atoms with van der Waals surface area (Å²) in [5.41, 5.74) is 1.35. The van der Waals surface area contributed by atoms with Crippen LogP contribution in [0.4, 0.5) is 8.78 Å². The Kier molecular flexibility index (Phi) is 2.68. The zero-order valence-electron chi connectivity index (χ0n) is 9.91. The van der Waals surface area contributed by atoms with Gasteiger partial charge in [-0.05, 0) is 42.6 Å². The van der Waals surface area contributed by atoms with E-state index in [1.807, 2.05) is 6.07 Å². The lowest BCUT2D eigenvalue weighted by molar-refractivity contribution is -0.001000. The Hall–Kier alpha value is -0.920. The number of rotatable bonds is 2. The summed E-state index contributed by atoms with van der Waals surface area (Å²) in [6.45, 7) is 0. The first-order chi connectivity index (χ1) is 8.12. The fraction of sp³-hybridized carbons (Fsp3) is 0.600. The van der Waals surface area contributed by atoms with Crippen LogP contribution >= 0.6 is 0 Å². The van der Waals surface area contributed by atoms with Crippen molar-refractivity contribution in [1.82, 2.24) is 0 Å². The molecule has 0 aliphatic heterocycles. The van der Waals surface area contributed by atoms with Crippen molar-refractivity contribution >= 4 is 0 Å². The van der Waals surface area contributed by atoms with Crippen LogP contribution in [0.3, 0.4) is 0 Å².